The van der Waals surface area contributed by atoms with E-state index in [-0.39, 0.29) is 4.90 Å². The van der Waals surface area contributed by atoms with Crippen molar-refractivity contribution in [1.29, 1.82) is 0 Å². The molecule has 0 aromatic heterocycles. The summed E-state index contributed by atoms with van der Waals surface area (Å²) in [5, 5.41) is 0. The minimum absolute atomic E-state index is 0.220. The number of hydrogen-bond donors (Lipinski definition) is 1. The fraction of sp³-hybridized carbons (Fsp3) is 0.200. The smallest absolute Gasteiger partial charge is 0.243 e. The molecule has 2 N–H and O–H groups in total. The molecule has 0 saturated heterocycles. The lowest BCUT2D eigenvalue weighted by atomic mass is 10.2. The van der Waals surface area contributed by atoms with Crippen molar-refractivity contribution in [2.75, 3.05) is 12.8 Å². The Morgan fingerprint density at radius 2 is 1.90 bits per heavy atom. The van der Waals surface area contributed by atoms with Gasteiger partial charge in [-0.05, 0) is 48.4 Å². The van der Waals surface area contributed by atoms with Crippen LogP contribution in [0.25, 0.3) is 0 Å². The lowest BCUT2D eigenvalue weighted by Crippen LogP contribution is -2.26. The second kappa shape index (κ2) is 6.17. The van der Waals surface area contributed by atoms with Crippen molar-refractivity contribution in [1.82, 2.24) is 4.31 Å². The van der Waals surface area contributed by atoms with Gasteiger partial charge in [0.2, 0.25) is 10.0 Å². The van der Waals surface area contributed by atoms with Crippen molar-refractivity contribution in [2.24, 2.45) is 0 Å². The Labute approximate surface area is 133 Å². The molecular formula is C15H17BrN2O2S. The minimum atomic E-state index is -3.56. The molecule has 0 saturated carbocycles. The van der Waals surface area contributed by atoms with E-state index in [9.17, 15) is 8.42 Å². The lowest BCUT2D eigenvalue weighted by molar-refractivity contribution is 0.466. The van der Waals surface area contributed by atoms with Crippen LogP contribution in [-0.2, 0) is 16.6 Å². The standard InChI is InChI=1S/C15H17BrN2O2S/c1-11-6-14(17)9-15(7-11)21(19,20)18(2)10-12-4-3-5-13(16)8-12/h3-9H,10,17H2,1-2H3. The second-order valence-electron chi connectivity index (χ2n) is 4.97. The molecule has 0 amide bonds. The molecule has 2 aromatic rings. The zero-order chi connectivity index (χ0) is 15.6. The zero-order valence-electron chi connectivity index (χ0n) is 11.9. The van der Waals surface area contributed by atoms with Crippen LogP contribution in [0.5, 0.6) is 0 Å². The summed E-state index contributed by atoms with van der Waals surface area (Å²) in [5.41, 5.74) is 7.92. The molecular weight excluding hydrogens is 352 g/mol. The summed E-state index contributed by atoms with van der Waals surface area (Å²) >= 11 is 3.38. The van der Waals surface area contributed by atoms with E-state index in [1.807, 2.05) is 31.2 Å². The van der Waals surface area contributed by atoms with Crippen LogP contribution in [0, 0.1) is 6.92 Å². The number of sulfonamides is 1. The van der Waals surface area contributed by atoms with Gasteiger partial charge >= 0.3 is 0 Å². The second-order valence-corrected chi connectivity index (χ2v) is 7.93. The Morgan fingerprint density at radius 3 is 2.52 bits per heavy atom. The summed E-state index contributed by atoms with van der Waals surface area (Å²) in [6.45, 7) is 2.12. The van der Waals surface area contributed by atoms with Gasteiger partial charge in [-0.1, -0.05) is 28.1 Å². The third kappa shape index (κ3) is 3.84. The topological polar surface area (TPSA) is 63.4 Å². The number of nitrogens with zero attached hydrogens (tertiary/aromatic N) is 1. The van der Waals surface area contributed by atoms with Crippen LogP contribution in [0.2, 0.25) is 0 Å². The summed E-state index contributed by atoms with van der Waals surface area (Å²) in [6.07, 6.45) is 0. The van der Waals surface area contributed by atoms with Crippen molar-refractivity contribution in [2.45, 2.75) is 18.4 Å². The van der Waals surface area contributed by atoms with Crippen molar-refractivity contribution < 1.29 is 8.42 Å². The maximum atomic E-state index is 12.6. The van der Waals surface area contributed by atoms with Crippen molar-refractivity contribution >= 4 is 31.6 Å². The highest BCUT2D eigenvalue weighted by Gasteiger charge is 2.21. The number of aryl methyl sites for hydroxylation is 1. The monoisotopic (exact) mass is 368 g/mol. The van der Waals surface area contributed by atoms with Gasteiger partial charge in [0.25, 0.3) is 0 Å². The first-order chi connectivity index (χ1) is 9.79. The molecule has 0 fully saturated rings. The summed E-state index contributed by atoms with van der Waals surface area (Å²) < 4.78 is 27.4. The van der Waals surface area contributed by atoms with Crippen molar-refractivity contribution in [3.63, 3.8) is 0 Å². The number of nitrogen functional groups attached to an aromatic ring is 1. The number of rotatable bonds is 4. The molecule has 0 aliphatic rings. The molecule has 0 unspecified atom stereocenters. The highest BCUT2D eigenvalue weighted by Crippen LogP contribution is 2.21. The molecule has 21 heavy (non-hydrogen) atoms. The van der Waals surface area contributed by atoms with Crippen LogP contribution < -0.4 is 5.73 Å². The lowest BCUT2D eigenvalue weighted by Gasteiger charge is -2.18. The van der Waals surface area contributed by atoms with Gasteiger partial charge in [0, 0.05) is 23.8 Å². The normalized spacial score (nSPS) is 11.8. The molecule has 112 valence electrons. The van der Waals surface area contributed by atoms with Crippen LogP contribution in [0.4, 0.5) is 5.69 Å². The third-order valence-electron chi connectivity index (χ3n) is 3.08. The summed E-state index contributed by atoms with van der Waals surface area (Å²) in [6, 6.07) is 12.4. The predicted molar refractivity (Wildman–Crippen MR) is 88.4 cm³/mol. The summed E-state index contributed by atoms with van der Waals surface area (Å²) in [5.74, 6) is 0. The van der Waals surface area contributed by atoms with Crippen molar-refractivity contribution in [3.8, 4) is 0 Å². The van der Waals surface area contributed by atoms with Crippen LogP contribution in [0.15, 0.2) is 51.8 Å². The van der Waals surface area contributed by atoms with Gasteiger partial charge in [0.05, 0.1) is 4.90 Å². The molecule has 0 bridgehead atoms. The van der Waals surface area contributed by atoms with E-state index in [0.717, 1.165) is 15.6 Å². The van der Waals surface area contributed by atoms with Crippen LogP contribution in [-0.4, -0.2) is 19.8 Å². The quantitative estimate of drug-likeness (QED) is 0.842. The summed E-state index contributed by atoms with van der Waals surface area (Å²) in [7, 11) is -1.99. The SMILES string of the molecule is Cc1cc(N)cc(S(=O)(=O)N(C)Cc2cccc(Br)c2)c1. The molecule has 2 aromatic carbocycles. The first-order valence-electron chi connectivity index (χ1n) is 6.37. The van der Waals surface area contributed by atoms with E-state index >= 15 is 0 Å². The Hall–Kier alpha value is -1.37. The third-order valence-corrected chi connectivity index (χ3v) is 5.35. The van der Waals surface area contributed by atoms with Crippen molar-refractivity contribution in [3.05, 3.63) is 58.1 Å². The van der Waals surface area contributed by atoms with Gasteiger partial charge < -0.3 is 5.73 Å². The Balaban J connectivity index is 2.30. The molecule has 4 nitrogen and oxygen atoms in total. The van der Waals surface area contributed by atoms with Crippen LogP contribution in [0.3, 0.4) is 0 Å². The van der Waals surface area contributed by atoms with E-state index in [1.165, 1.54) is 10.4 Å². The van der Waals surface area contributed by atoms with Gasteiger partial charge in [0.1, 0.15) is 0 Å². The van der Waals surface area contributed by atoms with Crippen LogP contribution in [0.1, 0.15) is 11.1 Å². The van der Waals surface area contributed by atoms with Gasteiger partial charge in [-0.25, -0.2) is 8.42 Å². The molecule has 0 heterocycles. The van der Waals surface area contributed by atoms with Crippen LogP contribution >= 0.6 is 15.9 Å². The highest BCUT2D eigenvalue weighted by molar-refractivity contribution is 9.10. The zero-order valence-corrected chi connectivity index (χ0v) is 14.3. The molecule has 0 spiro atoms. The first kappa shape index (κ1) is 16.0. The maximum absolute atomic E-state index is 12.6. The number of halogens is 1. The largest absolute Gasteiger partial charge is 0.399 e. The fourth-order valence-electron chi connectivity index (χ4n) is 2.08. The average molecular weight is 369 g/mol. The van der Waals surface area contributed by atoms with Gasteiger partial charge in [-0.2, -0.15) is 4.31 Å². The first-order valence-corrected chi connectivity index (χ1v) is 8.60. The highest BCUT2D eigenvalue weighted by atomic mass is 79.9. The predicted octanol–water partition coefficient (Wildman–Crippen LogP) is 3.16. The molecule has 2 rings (SSSR count). The minimum Gasteiger partial charge on any atom is -0.399 e. The van der Waals surface area contributed by atoms with Gasteiger partial charge in [0.15, 0.2) is 0 Å². The molecule has 0 aliphatic carbocycles. The average Bonchev–Trinajstić information content (AvgIpc) is 2.37. The van der Waals surface area contributed by atoms with E-state index < -0.39 is 10.0 Å². The van der Waals surface area contributed by atoms with Gasteiger partial charge in [-0.15, -0.1) is 0 Å². The Bertz CT molecular complexity index is 740. The Morgan fingerprint density at radius 1 is 1.19 bits per heavy atom. The van der Waals surface area contributed by atoms with E-state index in [2.05, 4.69) is 15.9 Å². The van der Waals surface area contributed by atoms with Gasteiger partial charge in [-0.3, -0.25) is 0 Å². The fourth-order valence-corrected chi connectivity index (χ4v) is 3.83. The van der Waals surface area contributed by atoms with E-state index in [1.54, 1.807) is 19.2 Å². The number of hydrogen-bond acceptors (Lipinski definition) is 3. The molecule has 6 heteroatoms. The molecule has 0 aliphatic heterocycles. The molecule has 0 radical (unpaired) electrons. The number of nitrogens with two attached hydrogens (primary N) is 1. The van der Waals surface area contributed by atoms with E-state index in [4.69, 9.17) is 5.73 Å². The van der Waals surface area contributed by atoms with E-state index in [0.29, 0.717) is 12.2 Å². The number of anilines is 1. The number of benzene rings is 2. The maximum Gasteiger partial charge on any atom is 0.243 e. The summed E-state index contributed by atoms with van der Waals surface area (Å²) in [4.78, 5) is 0.220. The Kier molecular flexibility index (Phi) is 4.70. The molecule has 0 atom stereocenters.